The Bertz CT molecular complexity index is 475. The van der Waals surface area contributed by atoms with Crippen LogP contribution in [0.15, 0.2) is 29.2 Å². The molecule has 0 spiro atoms. The van der Waals surface area contributed by atoms with Gasteiger partial charge in [-0.3, -0.25) is 5.84 Å². The van der Waals surface area contributed by atoms with Gasteiger partial charge in [0.05, 0.1) is 4.90 Å². The van der Waals surface area contributed by atoms with Gasteiger partial charge >= 0.3 is 0 Å². The number of benzene rings is 1. The number of hydrogen-bond donors (Lipinski definition) is 3. The molecule has 0 saturated heterocycles. The van der Waals surface area contributed by atoms with Crippen molar-refractivity contribution in [2.24, 2.45) is 11.3 Å². The molecule has 0 radical (unpaired) electrons. The molecule has 0 fully saturated rings. The molecule has 5 nitrogen and oxygen atoms in total. The molecule has 0 aromatic heterocycles. The number of sulfonamides is 1. The van der Waals surface area contributed by atoms with Crippen LogP contribution in [0.1, 0.15) is 27.2 Å². The van der Waals surface area contributed by atoms with Crippen molar-refractivity contribution in [3.8, 4) is 0 Å². The predicted octanol–water partition coefficient (Wildman–Crippen LogP) is 1.69. The first-order valence-corrected chi connectivity index (χ1v) is 7.29. The van der Waals surface area contributed by atoms with Gasteiger partial charge in [-0.15, -0.1) is 0 Å². The van der Waals surface area contributed by atoms with E-state index in [1.807, 2.05) is 0 Å². The topological polar surface area (TPSA) is 84.2 Å². The Kier molecular flexibility index (Phi) is 4.72. The maximum Gasteiger partial charge on any atom is 0.240 e. The summed E-state index contributed by atoms with van der Waals surface area (Å²) in [5.74, 6) is 5.22. The number of hydrogen-bond acceptors (Lipinski definition) is 4. The van der Waals surface area contributed by atoms with Crippen LogP contribution in [0.4, 0.5) is 5.69 Å². The second kappa shape index (κ2) is 5.69. The van der Waals surface area contributed by atoms with E-state index >= 15 is 0 Å². The van der Waals surface area contributed by atoms with E-state index in [-0.39, 0.29) is 10.3 Å². The number of hydrazine groups is 1. The van der Waals surface area contributed by atoms with Gasteiger partial charge in [0.2, 0.25) is 10.0 Å². The van der Waals surface area contributed by atoms with Crippen molar-refractivity contribution in [3.05, 3.63) is 24.3 Å². The highest BCUT2D eigenvalue weighted by molar-refractivity contribution is 7.89. The van der Waals surface area contributed by atoms with Crippen molar-refractivity contribution in [1.82, 2.24) is 4.72 Å². The molecule has 102 valence electrons. The zero-order chi connectivity index (χ0) is 13.8. The molecule has 0 aliphatic rings. The lowest BCUT2D eigenvalue weighted by atomic mass is 9.93. The monoisotopic (exact) mass is 271 g/mol. The summed E-state index contributed by atoms with van der Waals surface area (Å²) in [7, 11) is -3.43. The largest absolute Gasteiger partial charge is 0.324 e. The zero-order valence-electron chi connectivity index (χ0n) is 11.0. The van der Waals surface area contributed by atoms with Crippen molar-refractivity contribution in [2.75, 3.05) is 12.0 Å². The summed E-state index contributed by atoms with van der Waals surface area (Å²) in [4.78, 5) is 0.246. The minimum atomic E-state index is -3.43. The molecule has 6 heteroatoms. The van der Waals surface area contributed by atoms with Crippen molar-refractivity contribution in [2.45, 2.75) is 32.1 Å². The van der Waals surface area contributed by atoms with Gasteiger partial charge in [-0.2, -0.15) is 0 Å². The van der Waals surface area contributed by atoms with Crippen LogP contribution >= 0.6 is 0 Å². The number of nitrogen functional groups attached to an aromatic ring is 1. The highest BCUT2D eigenvalue weighted by atomic mass is 32.2. The normalized spacial score (nSPS) is 12.4. The SMILES string of the molecule is CC(C)(C)CCNS(=O)(=O)c1ccc(NN)cc1. The van der Waals surface area contributed by atoms with Crippen molar-refractivity contribution in [1.29, 1.82) is 0 Å². The Morgan fingerprint density at radius 2 is 1.72 bits per heavy atom. The molecule has 0 bridgehead atoms. The van der Waals surface area contributed by atoms with E-state index in [0.29, 0.717) is 12.2 Å². The van der Waals surface area contributed by atoms with Crippen molar-refractivity contribution in [3.63, 3.8) is 0 Å². The molecular weight excluding hydrogens is 250 g/mol. The Hall–Kier alpha value is -1.11. The second-order valence-corrected chi connectivity index (χ2v) is 7.14. The molecule has 0 aliphatic heterocycles. The van der Waals surface area contributed by atoms with E-state index in [1.54, 1.807) is 12.1 Å². The minimum Gasteiger partial charge on any atom is -0.324 e. The van der Waals surface area contributed by atoms with Gasteiger partial charge in [0.15, 0.2) is 0 Å². The van der Waals surface area contributed by atoms with Gasteiger partial charge in [-0.1, -0.05) is 20.8 Å². The van der Waals surface area contributed by atoms with Gasteiger partial charge in [-0.05, 0) is 36.1 Å². The fourth-order valence-corrected chi connectivity index (χ4v) is 2.41. The van der Waals surface area contributed by atoms with Crippen LogP contribution in [0.3, 0.4) is 0 Å². The number of anilines is 1. The summed E-state index contributed by atoms with van der Waals surface area (Å²) in [6.07, 6.45) is 0.786. The van der Waals surface area contributed by atoms with Crippen molar-refractivity contribution >= 4 is 15.7 Å². The molecular formula is C12H21N3O2S. The summed E-state index contributed by atoms with van der Waals surface area (Å²) in [6, 6.07) is 6.29. The van der Waals surface area contributed by atoms with E-state index in [4.69, 9.17) is 5.84 Å². The van der Waals surface area contributed by atoms with Crippen LogP contribution in [0.25, 0.3) is 0 Å². The third kappa shape index (κ3) is 4.64. The highest BCUT2D eigenvalue weighted by Gasteiger charge is 2.15. The first-order chi connectivity index (χ1) is 8.24. The van der Waals surface area contributed by atoms with Gasteiger partial charge in [0.25, 0.3) is 0 Å². The third-order valence-corrected chi connectivity index (χ3v) is 3.98. The van der Waals surface area contributed by atoms with E-state index in [1.165, 1.54) is 12.1 Å². The summed E-state index contributed by atoms with van der Waals surface area (Å²) in [6.45, 7) is 6.65. The molecule has 0 saturated carbocycles. The van der Waals surface area contributed by atoms with E-state index in [9.17, 15) is 8.42 Å². The standard InChI is InChI=1S/C12H21N3O2S/c1-12(2,3)8-9-14-18(16,17)11-6-4-10(15-13)5-7-11/h4-7,14-15H,8-9,13H2,1-3H3. The first-order valence-electron chi connectivity index (χ1n) is 5.81. The van der Waals surface area contributed by atoms with Crippen molar-refractivity contribution < 1.29 is 8.42 Å². The third-order valence-electron chi connectivity index (χ3n) is 2.50. The molecule has 18 heavy (non-hydrogen) atoms. The molecule has 0 aliphatic carbocycles. The fourth-order valence-electron chi connectivity index (χ4n) is 1.37. The van der Waals surface area contributed by atoms with E-state index in [2.05, 4.69) is 30.9 Å². The molecule has 0 unspecified atom stereocenters. The van der Waals surface area contributed by atoms with Crippen LogP contribution in [0.5, 0.6) is 0 Å². The second-order valence-electron chi connectivity index (χ2n) is 5.38. The average Bonchev–Trinajstić information content (AvgIpc) is 2.27. The van der Waals surface area contributed by atoms with Crippen LogP contribution < -0.4 is 16.0 Å². The highest BCUT2D eigenvalue weighted by Crippen LogP contribution is 2.18. The summed E-state index contributed by atoms with van der Waals surface area (Å²) < 4.78 is 26.5. The molecule has 0 heterocycles. The van der Waals surface area contributed by atoms with Gasteiger partial charge in [0, 0.05) is 12.2 Å². The van der Waals surface area contributed by atoms with Crippen LogP contribution in [-0.4, -0.2) is 15.0 Å². The first kappa shape index (κ1) is 14.9. The maximum absolute atomic E-state index is 12.0. The lowest BCUT2D eigenvalue weighted by Crippen LogP contribution is -2.27. The van der Waals surface area contributed by atoms with E-state index < -0.39 is 10.0 Å². The molecule has 1 aromatic carbocycles. The predicted molar refractivity (Wildman–Crippen MR) is 73.5 cm³/mol. The number of rotatable bonds is 5. The summed E-state index contributed by atoms with van der Waals surface area (Å²) in [5.41, 5.74) is 3.23. The Labute approximate surface area is 109 Å². The van der Waals surface area contributed by atoms with Crippen LogP contribution in [0.2, 0.25) is 0 Å². The Morgan fingerprint density at radius 1 is 1.17 bits per heavy atom. The lowest BCUT2D eigenvalue weighted by Gasteiger charge is -2.18. The molecule has 1 aromatic rings. The smallest absolute Gasteiger partial charge is 0.240 e. The van der Waals surface area contributed by atoms with Crippen LogP contribution in [0, 0.1) is 5.41 Å². The molecule has 0 atom stereocenters. The Morgan fingerprint density at radius 3 is 2.17 bits per heavy atom. The molecule has 4 N–H and O–H groups in total. The van der Waals surface area contributed by atoms with Crippen LogP contribution in [-0.2, 0) is 10.0 Å². The minimum absolute atomic E-state index is 0.107. The summed E-state index contributed by atoms with van der Waals surface area (Å²) >= 11 is 0. The van der Waals surface area contributed by atoms with Gasteiger partial charge in [0.1, 0.15) is 0 Å². The fraction of sp³-hybridized carbons (Fsp3) is 0.500. The molecule has 0 amide bonds. The molecule has 1 rings (SSSR count). The van der Waals surface area contributed by atoms with E-state index in [0.717, 1.165) is 6.42 Å². The quantitative estimate of drug-likeness (QED) is 0.562. The van der Waals surface area contributed by atoms with Gasteiger partial charge < -0.3 is 5.43 Å². The lowest BCUT2D eigenvalue weighted by molar-refractivity contribution is 0.378. The zero-order valence-corrected chi connectivity index (χ0v) is 11.8. The summed E-state index contributed by atoms with van der Waals surface area (Å²) in [5, 5.41) is 0. The average molecular weight is 271 g/mol. The number of nitrogens with one attached hydrogen (secondary N) is 2. The van der Waals surface area contributed by atoms with Gasteiger partial charge in [-0.25, -0.2) is 13.1 Å². The Balaban J connectivity index is 2.68. The maximum atomic E-state index is 12.0. The number of nitrogens with two attached hydrogens (primary N) is 1.